The summed E-state index contributed by atoms with van der Waals surface area (Å²) in [5.41, 5.74) is 0.638. The van der Waals surface area contributed by atoms with E-state index >= 15 is 0 Å². The molecule has 3 rings (SSSR count). The maximum absolute atomic E-state index is 12.4. The molecule has 8 nitrogen and oxygen atoms in total. The number of nitrogens with one attached hydrogen (secondary N) is 2. The summed E-state index contributed by atoms with van der Waals surface area (Å²) in [6.45, 7) is 1.00. The van der Waals surface area contributed by atoms with E-state index in [1.807, 2.05) is 17.8 Å². The number of carbonyl (C=O) groups excluding carboxylic acids is 3. The Kier molecular flexibility index (Phi) is 8.12. The SMILES string of the molecule is O=C(NCC1(OCCO)CCSCC1)C(=O)Nc1cccc(N2CCCCC2=O)c1. The third-order valence-corrected chi connectivity index (χ3v) is 6.41. The lowest BCUT2D eigenvalue weighted by atomic mass is 9.96. The number of aliphatic hydroxyl groups is 1. The van der Waals surface area contributed by atoms with Gasteiger partial charge in [-0.3, -0.25) is 14.4 Å². The predicted molar refractivity (Wildman–Crippen MR) is 117 cm³/mol. The van der Waals surface area contributed by atoms with Gasteiger partial charge >= 0.3 is 11.8 Å². The average Bonchev–Trinajstić information content (AvgIpc) is 2.77. The molecule has 30 heavy (non-hydrogen) atoms. The van der Waals surface area contributed by atoms with Crippen LogP contribution in [0.25, 0.3) is 0 Å². The smallest absolute Gasteiger partial charge is 0.313 e. The molecule has 2 fully saturated rings. The van der Waals surface area contributed by atoms with Gasteiger partial charge in [-0.25, -0.2) is 0 Å². The zero-order valence-corrected chi connectivity index (χ0v) is 17.8. The molecule has 0 saturated carbocycles. The number of piperidine rings is 1. The molecule has 9 heteroatoms. The summed E-state index contributed by atoms with van der Waals surface area (Å²) in [7, 11) is 0. The molecule has 0 spiro atoms. The van der Waals surface area contributed by atoms with Crippen LogP contribution in [0.15, 0.2) is 24.3 Å². The molecule has 0 unspecified atom stereocenters. The van der Waals surface area contributed by atoms with Gasteiger partial charge in [-0.05, 0) is 55.4 Å². The molecule has 2 aliphatic rings. The lowest BCUT2D eigenvalue weighted by molar-refractivity contribution is -0.137. The Bertz CT molecular complexity index is 767. The first kappa shape index (κ1) is 22.6. The minimum Gasteiger partial charge on any atom is -0.394 e. The minimum atomic E-state index is -0.764. The zero-order chi connectivity index (χ0) is 21.4. The first-order valence-corrected chi connectivity index (χ1v) is 11.5. The Balaban J connectivity index is 1.57. The average molecular weight is 436 g/mol. The van der Waals surface area contributed by atoms with Crippen LogP contribution >= 0.6 is 11.8 Å². The summed E-state index contributed by atoms with van der Waals surface area (Å²) in [5.74, 6) is 0.394. The molecule has 0 bridgehead atoms. The summed E-state index contributed by atoms with van der Waals surface area (Å²) in [5, 5.41) is 14.3. The largest absolute Gasteiger partial charge is 0.394 e. The summed E-state index contributed by atoms with van der Waals surface area (Å²) in [4.78, 5) is 38.5. The summed E-state index contributed by atoms with van der Waals surface area (Å²) in [6, 6.07) is 6.97. The molecule has 3 N–H and O–H groups in total. The van der Waals surface area contributed by atoms with Crippen LogP contribution in [0.1, 0.15) is 32.1 Å². The molecule has 2 saturated heterocycles. The van der Waals surface area contributed by atoms with Crippen LogP contribution in [0, 0.1) is 0 Å². The van der Waals surface area contributed by atoms with Gasteiger partial charge in [-0.2, -0.15) is 11.8 Å². The number of carbonyl (C=O) groups is 3. The highest BCUT2D eigenvalue weighted by atomic mass is 32.2. The number of aliphatic hydroxyl groups excluding tert-OH is 1. The van der Waals surface area contributed by atoms with Gasteiger partial charge in [-0.15, -0.1) is 0 Å². The third-order valence-electron chi connectivity index (χ3n) is 5.42. The lowest BCUT2D eigenvalue weighted by Crippen LogP contribution is -2.50. The highest BCUT2D eigenvalue weighted by Crippen LogP contribution is 2.30. The number of ether oxygens (including phenoxy) is 1. The zero-order valence-electron chi connectivity index (χ0n) is 17.0. The van der Waals surface area contributed by atoms with E-state index in [0.29, 0.717) is 24.3 Å². The molecule has 0 radical (unpaired) electrons. The van der Waals surface area contributed by atoms with E-state index in [0.717, 1.165) is 37.2 Å². The van der Waals surface area contributed by atoms with Gasteiger partial charge in [-0.1, -0.05) is 6.07 Å². The van der Waals surface area contributed by atoms with Crippen LogP contribution in [-0.4, -0.2) is 66.2 Å². The summed E-state index contributed by atoms with van der Waals surface area (Å²) >= 11 is 1.82. The van der Waals surface area contributed by atoms with Crippen molar-refractivity contribution >= 4 is 40.9 Å². The predicted octanol–water partition coefficient (Wildman–Crippen LogP) is 1.53. The number of thioether (sulfide) groups is 1. The topological polar surface area (TPSA) is 108 Å². The standard InChI is InChI=1S/C21H29N3O5S/c25-10-11-29-21(7-12-30-13-8-21)15-22-19(27)20(28)23-16-4-3-5-17(14-16)24-9-2-1-6-18(24)26/h3-5,14,25H,1-2,6-13,15H2,(H,22,27)(H,23,28). The summed E-state index contributed by atoms with van der Waals surface area (Å²) in [6.07, 6.45) is 3.88. The highest BCUT2D eigenvalue weighted by Gasteiger charge is 2.34. The van der Waals surface area contributed by atoms with Gasteiger partial charge in [0.05, 0.1) is 18.8 Å². The van der Waals surface area contributed by atoms with Crippen LogP contribution in [0.5, 0.6) is 0 Å². The summed E-state index contributed by atoms with van der Waals surface area (Å²) < 4.78 is 5.81. The van der Waals surface area contributed by atoms with Crippen LogP contribution in [0.4, 0.5) is 11.4 Å². The van der Waals surface area contributed by atoms with E-state index in [1.165, 1.54) is 0 Å². The molecule has 2 heterocycles. The molecule has 0 atom stereocenters. The number of hydrogen-bond donors (Lipinski definition) is 3. The van der Waals surface area contributed by atoms with Gasteiger partial charge < -0.3 is 25.4 Å². The van der Waals surface area contributed by atoms with Crippen LogP contribution < -0.4 is 15.5 Å². The van der Waals surface area contributed by atoms with E-state index < -0.39 is 17.4 Å². The molecule has 3 amide bonds. The van der Waals surface area contributed by atoms with Gasteiger partial charge in [0.2, 0.25) is 5.91 Å². The van der Waals surface area contributed by atoms with Crippen LogP contribution in [0.2, 0.25) is 0 Å². The molecule has 0 aromatic heterocycles. The molecular weight excluding hydrogens is 406 g/mol. The van der Waals surface area contributed by atoms with Gasteiger partial charge in [0.1, 0.15) is 0 Å². The highest BCUT2D eigenvalue weighted by molar-refractivity contribution is 7.99. The lowest BCUT2D eigenvalue weighted by Gasteiger charge is -2.36. The monoisotopic (exact) mass is 435 g/mol. The quantitative estimate of drug-likeness (QED) is 0.561. The van der Waals surface area contributed by atoms with Crippen molar-refractivity contribution in [2.75, 3.05) is 48.0 Å². The number of benzene rings is 1. The normalized spacial score (nSPS) is 18.7. The van der Waals surface area contributed by atoms with Crippen molar-refractivity contribution in [3.05, 3.63) is 24.3 Å². The maximum atomic E-state index is 12.4. The second-order valence-electron chi connectivity index (χ2n) is 7.56. The fraction of sp³-hybridized carbons (Fsp3) is 0.571. The fourth-order valence-electron chi connectivity index (χ4n) is 3.72. The van der Waals surface area contributed by atoms with Crippen molar-refractivity contribution in [1.29, 1.82) is 0 Å². The number of anilines is 2. The first-order chi connectivity index (χ1) is 14.5. The van der Waals surface area contributed by atoms with Crippen LogP contribution in [-0.2, 0) is 19.1 Å². The Morgan fingerprint density at radius 1 is 1.20 bits per heavy atom. The molecule has 164 valence electrons. The number of nitrogens with zero attached hydrogens (tertiary/aromatic N) is 1. The van der Waals surface area contributed by atoms with Crippen molar-refractivity contribution in [3.8, 4) is 0 Å². The molecule has 0 aliphatic carbocycles. The maximum Gasteiger partial charge on any atom is 0.313 e. The van der Waals surface area contributed by atoms with E-state index in [9.17, 15) is 14.4 Å². The Morgan fingerprint density at radius 3 is 2.73 bits per heavy atom. The van der Waals surface area contributed by atoms with Crippen molar-refractivity contribution in [2.24, 2.45) is 0 Å². The Morgan fingerprint density at radius 2 is 2.00 bits per heavy atom. The van der Waals surface area contributed by atoms with E-state index in [2.05, 4.69) is 10.6 Å². The van der Waals surface area contributed by atoms with Crippen molar-refractivity contribution in [3.63, 3.8) is 0 Å². The van der Waals surface area contributed by atoms with Crippen molar-refractivity contribution in [2.45, 2.75) is 37.7 Å². The molecule has 1 aromatic carbocycles. The first-order valence-electron chi connectivity index (χ1n) is 10.4. The van der Waals surface area contributed by atoms with E-state index in [-0.39, 0.29) is 25.7 Å². The number of rotatable bonds is 7. The third kappa shape index (κ3) is 5.96. The van der Waals surface area contributed by atoms with E-state index in [4.69, 9.17) is 9.84 Å². The second-order valence-corrected chi connectivity index (χ2v) is 8.78. The van der Waals surface area contributed by atoms with E-state index in [1.54, 1.807) is 23.1 Å². The Labute approximate surface area is 180 Å². The van der Waals surface area contributed by atoms with Gasteiger partial charge in [0, 0.05) is 30.9 Å². The second kappa shape index (κ2) is 10.8. The minimum absolute atomic E-state index is 0.0706. The van der Waals surface area contributed by atoms with Gasteiger partial charge in [0.15, 0.2) is 0 Å². The molecule has 2 aliphatic heterocycles. The number of hydrogen-bond acceptors (Lipinski definition) is 6. The van der Waals surface area contributed by atoms with Gasteiger partial charge in [0.25, 0.3) is 0 Å². The Hall–Kier alpha value is -2.10. The van der Waals surface area contributed by atoms with Crippen molar-refractivity contribution < 1.29 is 24.2 Å². The fourth-order valence-corrected chi connectivity index (χ4v) is 4.95. The molecule has 1 aromatic rings. The van der Waals surface area contributed by atoms with Crippen LogP contribution in [0.3, 0.4) is 0 Å². The van der Waals surface area contributed by atoms with Crippen molar-refractivity contribution in [1.82, 2.24) is 5.32 Å². The number of amides is 3. The molecular formula is C21H29N3O5S.